The van der Waals surface area contributed by atoms with Gasteiger partial charge in [-0.3, -0.25) is 4.79 Å². The Bertz CT molecular complexity index is 517. The van der Waals surface area contributed by atoms with Gasteiger partial charge >= 0.3 is 6.18 Å². The van der Waals surface area contributed by atoms with Gasteiger partial charge < -0.3 is 20.7 Å². The van der Waals surface area contributed by atoms with E-state index in [9.17, 15) is 18.0 Å². The van der Waals surface area contributed by atoms with Crippen LogP contribution in [0.5, 0.6) is 0 Å². The van der Waals surface area contributed by atoms with E-state index in [1.54, 1.807) is 0 Å². The zero-order valence-corrected chi connectivity index (χ0v) is 15.7. The van der Waals surface area contributed by atoms with Crippen LogP contribution in [0, 0.1) is 0 Å². The maximum absolute atomic E-state index is 12.8. The van der Waals surface area contributed by atoms with Crippen LogP contribution in [0.1, 0.15) is 18.9 Å². The summed E-state index contributed by atoms with van der Waals surface area (Å²) >= 11 is 0. The van der Waals surface area contributed by atoms with Gasteiger partial charge in [-0.05, 0) is 24.6 Å². The summed E-state index contributed by atoms with van der Waals surface area (Å²) in [4.78, 5) is 11.8. The Balaban J connectivity index is 0. The first-order valence-electron chi connectivity index (χ1n) is 7.33. The maximum atomic E-state index is 12.8. The second kappa shape index (κ2) is 13.0. The normalized spacial score (nSPS) is 10.4. The van der Waals surface area contributed by atoms with Crippen molar-refractivity contribution in [2.75, 3.05) is 44.0 Å². The predicted molar refractivity (Wildman–Crippen MR) is 98.1 cm³/mol. The lowest BCUT2D eigenvalue weighted by Crippen LogP contribution is -2.30. The van der Waals surface area contributed by atoms with Gasteiger partial charge in [0.25, 0.3) is 0 Å². The van der Waals surface area contributed by atoms with Crippen LogP contribution in [-0.2, 0) is 15.7 Å². The smallest absolute Gasteiger partial charge is 0.383 e. The van der Waals surface area contributed by atoms with Crippen molar-refractivity contribution in [3.63, 3.8) is 0 Å². The molecule has 0 aliphatic carbocycles. The summed E-state index contributed by atoms with van der Waals surface area (Å²) in [5.74, 6) is -0.417. The van der Waals surface area contributed by atoms with E-state index in [4.69, 9.17) is 4.74 Å². The molecule has 0 saturated heterocycles. The van der Waals surface area contributed by atoms with E-state index < -0.39 is 17.6 Å². The summed E-state index contributed by atoms with van der Waals surface area (Å²) in [7, 11) is 1.54. The number of hydrogen-bond acceptors (Lipinski definition) is 4. The van der Waals surface area contributed by atoms with Gasteiger partial charge in [-0.25, -0.2) is 0 Å². The van der Waals surface area contributed by atoms with Crippen molar-refractivity contribution < 1.29 is 22.7 Å². The van der Waals surface area contributed by atoms with E-state index in [-0.39, 0.29) is 37.0 Å². The fourth-order valence-electron chi connectivity index (χ4n) is 1.81. The van der Waals surface area contributed by atoms with Gasteiger partial charge in [-0.1, -0.05) is 6.92 Å². The Kier molecular flexibility index (Phi) is 13.6. The first-order valence-corrected chi connectivity index (χ1v) is 7.33. The highest BCUT2D eigenvalue weighted by atomic mass is 35.5. The van der Waals surface area contributed by atoms with Crippen LogP contribution in [0.15, 0.2) is 18.2 Å². The number of anilines is 2. The lowest BCUT2D eigenvalue weighted by atomic mass is 10.1. The zero-order chi connectivity index (χ0) is 17.3. The largest absolute Gasteiger partial charge is 0.416 e. The number of carbonyl (C=O) groups is 1. The van der Waals surface area contributed by atoms with Crippen molar-refractivity contribution in [2.45, 2.75) is 19.5 Å². The molecule has 0 saturated carbocycles. The van der Waals surface area contributed by atoms with E-state index in [0.29, 0.717) is 25.4 Å². The minimum absolute atomic E-state index is 0. The molecule has 0 aliphatic rings. The zero-order valence-electron chi connectivity index (χ0n) is 14.0. The number of halogens is 5. The maximum Gasteiger partial charge on any atom is 0.416 e. The van der Waals surface area contributed by atoms with Crippen LogP contribution in [0.2, 0.25) is 0 Å². The van der Waals surface area contributed by atoms with E-state index >= 15 is 0 Å². The number of carbonyl (C=O) groups excluding carboxylic acids is 1. The Morgan fingerprint density at radius 3 is 2.40 bits per heavy atom. The summed E-state index contributed by atoms with van der Waals surface area (Å²) in [6.07, 6.45) is -3.65. The van der Waals surface area contributed by atoms with Crippen molar-refractivity contribution in [1.82, 2.24) is 5.32 Å². The molecule has 0 heterocycles. The molecule has 0 bridgehead atoms. The third kappa shape index (κ3) is 9.74. The Morgan fingerprint density at radius 1 is 1.16 bits per heavy atom. The highest BCUT2D eigenvalue weighted by molar-refractivity contribution is 5.95. The van der Waals surface area contributed by atoms with Crippen molar-refractivity contribution in [3.8, 4) is 0 Å². The van der Waals surface area contributed by atoms with Gasteiger partial charge in [0, 0.05) is 20.2 Å². The highest BCUT2D eigenvalue weighted by Gasteiger charge is 2.31. The number of methoxy groups -OCH3 is 1. The van der Waals surface area contributed by atoms with Crippen LogP contribution >= 0.6 is 24.8 Å². The Labute approximate surface area is 157 Å². The monoisotopic (exact) mass is 405 g/mol. The molecule has 0 aliphatic heterocycles. The topological polar surface area (TPSA) is 62.4 Å². The highest BCUT2D eigenvalue weighted by Crippen LogP contribution is 2.34. The van der Waals surface area contributed by atoms with Gasteiger partial charge in [0.1, 0.15) is 0 Å². The average molecular weight is 406 g/mol. The first kappa shape index (κ1) is 26.0. The minimum Gasteiger partial charge on any atom is -0.383 e. The molecule has 0 unspecified atom stereocenters. The molecule has 0 fully saturated rings. The lowest BCUT2D eigenvalue weighted by molar-refractivity contribution is -0.137. The molecule has 0 spiro atoms. The van der Waals surface area contributed by atoms with Gasteiger partial charge in [0.15, 0.2) is 0 Å². The van der Waals surface area contributed by atoms with E-state index in [2.05, 4.69) is 16.0 Å². The quantitative estimate of drug-likeness (QED) is 0.549. The van der Waals surface area contributed by atoms with Crippen LogP contribution in [0.25, 0.3) is 0 Å². The number of alkyl halides is 3. The number of hydrogen-bond donors (Lipinski definition) is 3. The lowest BCUT2D eigenvalue weighted by Gasteiger charge is -2.16. The first-order chi connectivity index (χ1) is 10.9. The molecule has 10 heteroatoms. The molecular formula is C15H24Cl2F3N3O2. The molecular weight excluding hydrogens is 382 g/mol. The van der Waals surface area contributed by atoms with Crippen molar-refractivity contribution in [3.05, 3.63) is 23.8 Å². The molecule has 1 rings (SSSR count). The van der Waals surface area contributed by atoms with Crippen LogP contribution in [0.4, 0.5) is 24.5 Å². The fourth-order valence-corrected chi connectivity index (χ4v) is 1.81. The number of ether oxygens (including phenoxy) is 1. The molecule has 5 nitrogen and oxygen atoms in total. The second-order valence-electron chi connectivity index (χ2n) is 4.90. The van der Waals surface area contributed by atoms with Gasteiger partial charge in [0.05, 0.1) is 30.1 Å². The molecule has 0 aromatic heterocycles. The number of benzene rings is 1. The second-order valence-corrected chi connectivity index (χ2v) is 4.90. The number of nitrogens with one attached hydrogen (secondary N) is 3. The summed E-state index contributed by atoms with van der Waals surface area (Å²) in [6, 6.07) is 3.25. The predicted octanol–water partition coefficient (Wildman–Crippen LogP) is 3.55. The number of amides is 1. The van der Waals surface area contributed by atoms with Crippen LogP contribution in [0.3, 0.4) is 0 Å². The van der Waals surface area contributed by atoms with E-state index in [1.807, 2.05) is 6.92 Å². The van der Waals surface area contributed by atoms with Crippen molar-refractivity contribution in [2.24, 2.45) is 0 Å². The molecule has 0 atom stereocenters. The van der Waals surface area contributed by atoms with Crippen LogP contribution in [-0.4, -0.2) is 39.3 Å². The summed E-state index contributed by atoms with van der Waals surface area (Å²) < 4.78 is 43.3. The molecule has 1 aromatic rings. The van der Waals surface area contributed by atoms with E-state index in [1.165, 1.54) is 13.2 Å². The SMILES string of the molecule is CCCNc1ccc(C(F)(F)F)cc1NC(=O)CNCCOC.Cl.Cl. The molecule has 1 amide bonds. The van der Waals surface area contributed by atoms with Gasteiger partial charge in [-0.15, -0.1) is 24.8 Å². The van der Waals surface area contributed by atoms with Gasteiger partial charge in [0.2, 0.25) is 5.91 Å². The molecule has 0 radical (unpaired) electrons. The molecule has 1 aromatic carbocycles. The molecule has 3 N–H and O–H groups in total. The standard InChI is InChI=1S/C15H22F3N3O2.2ClH/c1-3-6-20-12-5-4-11(15(16,17)18)9-13(12)21-14(22)10-19-7-8-23-2;;/h4-5,9,19-20H,3,6-8,10H2,1-2H3,(H,21,22);2*1H. The molecule has 146 valence electrons. The van der Waals surface area contributed by atoms with Crippen LogP contribution < -0.4 is 16.0 Å². The Morgan fingerprint density at radius 2 is 1.84 bits per heavy atom. The summed E-state index contributed by atoms with van der Waals surface area (Å²) in [6.45, 7) is 3.45. The summed E-state index contributed by atoms with van der Waals surface area (Å²) in [5, 5.41) is 8.34. The third-order valence-electron chi connectivity index (χ3n) is 2.95. The fraction of sp³-hybridized carbons (Fsp3) is 0.533. The molecule has 25 heavy (non-hydrogen) atoms. The van der Waals surface area contributed by atoms with E-state index in [0.717, 1.165) is 18.6 Å². The summed E-state index contributed by atoms with van der Waals surface area (Å²) in [5.41, 5.74) is -0.223. The van der Waals surface area contributed by atoms with Gasteiger partial charge in [-0.2, -0.15) is 13.2 Å². The minimum atomic E-state index is -4.46. The average Bonchev–Trinajstić information content (AvgIpc) is 2.49. The third-order valence-corrected chi connectivity index (χ3v) is 2.95. The Hall–Kier alpha value is -1.22. The van der Waals surface area contributed by atoms with Crippen molar-refractivity contribution in [1.29, 1.82) is 0 Å². The van der Waals surface area contributed by atoms with Crippen molar-refractivity contribution >= 4 is 42.1 Å². The number of rotatable bonds is 9.